The van der Waals surface area contributed by atoms with Gasteiger partial charge in [0.05, 0.1) is 12.2 Å². The molecule has 6 heteroatoms. The number of likely N-dealkylation sites (tertiary alicyclic amines) is 1. The van der Waals surface area contributed by atoms with Crippen LogP contribution in [0.3, 0.4) is 0 Å². The Morgan fingerprint density at radius 2 is 1.77 bits per heavy atom. The number of hydrogen-bond acceptors (Lipinski definition) is 3. The summed E-state index contributed by atoms with van der Waals surface area (Å²) in [5.74, 6) is 0.496. The van der Waals surface area contributed by atoms with Gasteiger partial charge < -0.3 is 14.5 Å². The van der Waals surface area contributed by atoms with E-state index in [9.17, 15) is 13.2 Å². The average Bonchev–Trinajstić information content (AvgIpc) is 2.76. The Morgan fingerprint density at radius 3 is 2.55 bits per heavy atom. The number of piperidine rings is 1. The Balaban J connectivity index is 1.47. The lowest BCUT2D eigenvalue weighted by molar-refractivity contribution is -0.138. The number of fused-ring (bicyclic) bond motifs is 1. The number of ether oxygens (including phenoxy) is 1. The van der Waals surface area contributed by atoms with E-state index in [0.29, 0.717) is 25.3 Å². The molecule has 2 heterocycles. The largest absolute Gasteiger partial charge is 0.494 e. The molecule has 0 N–H and O–H groups in total. The summed E-state index contributed by atoms with van der Waals surface area (Å²) in [5, 5.41) is 0. The number of benzene rings is 2. The molecule has 1 unspecified atom stereocenters. The zero-order valence-corrected chi connectivity index (χ0v) is 18.1. The van der Waals surface area contributed by atoms with Gasteiger partial charge >= 0.3 is 6.18 Å². The van der Waals surface area contributed by atoms with Crippen LogP contribution in [-0.2, 0) is 12.7 Å². The van der Waals surface area contributed by atoms with Crippen molar-refractivity contribution < 1.29 is 17.9 Å². The van der Waals surface area contributed by atoms with Crippen LogP contribution < -0.4 is 4.74 Å². The molecule has 168 valence electrons. The van der Waals surface area contributed by atoms with Crippen LogP contribution in [0.5, 0.6) is 5.75 Å². The molecule has 0 aliphatic carbocycles. The van der Waals surface area contributed by atoms with Crippen molar-refractivity contribution in [3.8, 4) is 5.75 Å². The molecule has 0 radical (unpaired) electrons. The lowest BCUT2D eigenvalue weighted by Gasteiger charge is -2.34. The number of hydrogen-bond donors (Lipinski definition) is 0. The molecule has 1 atom stereocenters. The van der Waals surface area contributed by atoms with Crippen molar-refractivity contribution in [2.24, 2.45) is 0 Å². The van der Waals surface area contributed by atoms with Crippen LogP contribution in [0.1, 0.15) is 53.9 Å². The van der Waals surface area contributed by atoms with E-state index in [2.05, 4.69) is 9.80 Å². The summed E-state index contributed by atoms with van der Waals surface area (Å²) < 4.78 is 46.8. The summed E-state index contributed by atoms with van der Waals surface area (Å²) in [6, 6.07) is 11.8. The molecular formula is C25H31F3N2O. The van der Waals surface area contributed by atoms with Crippen molar-refractivity contribution in [1.82, 2.24) is 9.80 Å². The summed E-state index contributed by atoms with van der Waals surface area (Å²) in [7, 11) is 1.96. The molecular weight excluding hydrogens is 401 g/mol. The lowest BCUT2D eigenvalue weighted by Crippen LogP contribution is -2.32. The predicted molar refractivity (Wildman–Crippen MR) is 116 cm³/mol. The van der Waals surface area contributed by atoms with Gasteiger partial charge in [-0.05, 0) is 74.3 Å². The topological polar surface area (TPSA) is 15.7 Å². The smallest absolute Gasteiger partial charge is 0.416 e. The lowest BCUT2D eigenvalue weighted by atomic mass is 9.82. The monoisotopic (exact) mass is 432 g/mol. The first-order valence-electron chi connectivity index (χ1n) is 11.2. The number of rotatable bonds is 6. The fraction of sp³-hybridized carbons (Fsp3) is 0.520. The molecule has 2 aliphatic heterocycles. The summed E-state index contributed by atoms with van der Waals surface area (Å²) in [6.45, 7) is 5.37. The fourth-order valence-corrected chi connectivity index (χ4v) is 4.90. The maximum atomic E-state index is 13.6. The highest BCUT2D eigenvalue weighted by molar-refractivity contribution is 5.47. The van der Waals surface area contributed by atoms with Gasteiger partial charge in [0.2, 0.25) is 0 Å². The van der Waals surface area contributed by atoms with E-state index in [0.717, 1.165) is 29.8 Å². The zero-order valence-electron chi connectivity index (χ0n) is 18.1. The van der Waals surface area contributed by atoms with Crippen LogP contribution >= 0.6 is 0 Å². The van der Waals surface area contributed by atoms with Crippen molar-refractivity contribution in [2.75, 3.05) is 39.8 Å². The Labute approximate surface area is 182 Å². The van der Waals surface area contributed by atoms with Crippen LogP contribution in [0.15, 0.2) is 42.5 Å². The summed E-state index contributed by atoms with van der Waals surface area (Å²) in [6.07, 6.45) is 0.545. The van der Waals surface area contributed by atoms with Crippen molar-refractivity contribution in [3.63, 3.8) is 0 Å². The third kappa shape index (κ3) is 5.42. The first-order valence-corrected chi connectivity index (χ1v) is 11.2. The van der Waals surface area contributed by atoms with Crippen molar-refractivity contribution >= 4 is 0 Å². The van der Waals surface area contributed by atoms with Crippen LogP contribution in [0.25, 0.3) is 0 Å². The van der Waals surface area contributed by atoms with Crippen LogP contribution in [0, 0.1) is 0 Å². The van der Waals surface area contributed by atoms with E-state index in [4.69, 9.17) is 4.74 Å². The molecule has 0 amide bonds. The highest BCUT2D eigenvalue weighted by atomic mass is 19.4. The Kier molecular flexibility index (Phi) is 6.87. The molecule has 1 saturated heterocycles. The minimum Gasteiger partial charge on any atom is -0.494 e. The molecule has 2 aromatic rings. The van der Waals surface area contributed by atoms with Gasteiger partial charge in [0, 0.05) is 25.6 Å². The molecule has 31 heavy (non-hydrogen) atoms. The Bertz CT molecular complexity index is 877. The third-order valence-corrected chi connectivity index (χ3v) is 6.40. The predicted octanol–water partition coefficient (Wildman–Crippen LogP) is 5.54. The highest BCUT2D eigenvalue weighted by Gasteiger charge is 2.37. The molecule has 4 rings (SSSR count). The van der Waals surface area contributed by atoms with Crippen LogP contribution in [0.4, 0.5) is 13.2 Å². The van der Waals surface area contributed by atoms with Gasteiger partial charge in [-0.1, -0.05) is 30.7 Å². The van der Waals surface area contributed by atoms with E-state index >= 15 is 0 Å². The third-order valence-electron chi connectivity index (χ3n) is 6.40. The van der Waals surface area contributed by atoms with Crippen LogP contribution in [-0.4, -0.2) is 49.6 Å². The normalized spacial score (nSPS) is 20.5. The molecule has 2 aromatic carbocycles. The second-order valence-corrected chi connectivity index (χ2v) is 8.80. The molecule has 0 bridgehead atoms. The molecule has 2 aliphatic rings. The zero-order chi connectivity index (χ0) is 21.8. The SMILES string of the molecule is CN1Cc2cc(OCCCN3CCCCC3)ccc2C(c2ccccc2C(F)(F)F)C1. The summed E-state index contributed by atoms with van der Waals surface area (Å²) in [5.41, 5.74) is 1.82. The van der Waals surface area contributed by atoms with Gasteiger partial charge in [-0.25, -0.2) is 0 Å². The molecule has 1 fully saturated rings. The van der Waals surface area contributed by atoms with Gasteiger partial charge in [0.1, 0.15) is 5.75 Å². The number of halogens is 3. The van der Waals surface area contributed by atoms with E-state index in [1.165, 1.54) is 44.5 Å². The van der Waals surface area contributed by atoms with Crippen molar-refractivity contribution in [1.29, 1.82) is 0 Å². The van der Waals surface area contributed by atoms with Crippen LogP contribution in [0.2, 0.25) is 0 Å². The number of nitrogens with zero attached hydrogens (tertiary/aromatic N) is 2. The maximum absolute atomic E-state index is 13.6. The molecule has 0 saturated carbocycles. The first kappa shape index (κ1) is 22.2. The summed E-state index contributed by atoms with van der Waals surface area (Å²) in [4.78, 5) is 4.58. The molecule has 0 aromatic heterocycles. The second-order valence-electron chi connectivity index (χ2n) is 8.80. The average molecular weight is 433 g/mol. The number of likely N-dealkylation sites (N-methyl/N-ethyl adjacent to an activating group) is 1. The summed E-state index contributed by atoms with van der Waals surface area (Å²) >= 11 is 0. The second kappa shape index (κ2) is 9.61. The van der Waals surface area contributed by atoms with Gasteiger partial charge in [0.15, 0.2) is 0 Å². The van der Waals surface area contributed by atoms with E-state index in [-0.39, 0.29) is 5.92 Å². The van der Waals surface area contributed by atoms with Gasteiger partial charge in [-0.15, -0.1) is 0 Å². The number of alkyl halides is 3. The minimum absolute atomic E-state index is 0.306. The van der Waals surface area contributed by atoms with E-state index in [1.54, 1.807) is 12.1 Å². The minimum atomic E-state index is -4.36. The Morgan fingerprint density at radius 1 is 1.00 bits per heavy atom. The molecule has 3 nitrogen and oxygen atoms in total. The van der Waals surface area contributed by atoms with Crippen molar-refractivity contribution in [2.45, 2.75) is 44.3 Å². The van der Waals surface area contributed by atoms with Gasteiger partial charge in [0.25, 0.3) is 0 Å². The van der Waals surface area contributed by atoms with Crippen molar-refractivity contribution in [3.05, 3.63) is 64.7 Å². The molecule has 0 spiro atoms. The van der Waals surface area contributed by atoms with E-state index in [1.807, 2.05) is 25.2 Å². The Hall–Kier alpha value is -2.05. The maximum Gasteiger partial charge on any atom is 0.416 e. The quantitative estimate of drug-likeness (QED) is 0.558. The fourth-order valence-electron chi connectivity index (χ4n) is 4.90. The van der Waals surface area contributed by atoms with E-state index < -0.39 is 11.7 Å². The standard InChI is InChI=1S/C25H31F3N2O/c1-29-17-19-16-20(31-15-7-14-30-12-5-2-6-13-30)10-11-21(19)23(18-29)22-8-3-4-9-24(22)25(26,27)28/h3-4,8-11,16,23H,2,5-7,12-15,17-18H2,1H3. The first-order chi connectivity index (χ1) is 14.9. The van der Waals surface area contributed by atoms with Gasteiger partial charge in [-0.2, -0.15) is 13.2 Å². The highest BCUT2D eigenvalue weighted by Crippen LogP contribution is 2.41. The van der Waals surface area contributed by atoms with Gasteiger partial charge in [-0.3, -0.25) is 0 Å².